The molecule has 86 valence electrons. The van der Waals surface area contributed by atoms with Gasteiger partial charge in [0.05, 0.1) is 5.69 Å². The Hall–Kier alpha value is -1.20. The lowest BCUT2D eigenvalue weighted by atomic mass is 9.92. The van der Waals surface area contributed by atoms with Crippen molar-refractivity contribution < 1.29 is 13.2 Å². The van der Waals surface area contributed by atoms with Crippen molar-refractivity contribution in [1.82, 2.24) is 9.78 Å². The summed E-state index contributed by atoms with van der Waals surface area (Å²) in [4.78, 5) is 0. The van der Waals surface area contributed by atoms with Crippen molar-refractivity contribution in [3.05, 3.63) is 11.8 Å². The second kappa shape index (κ2) is 3.43. The molecule has 6 heteroatoms. The molecule has 0 bridgehead atoms. The molecule has 0 aliphatic rings. The molecule has 15 heavy (non-hydrogen) atoms. The summed E-state index contributed by atoms with van der Waals surface area (Å²) < 4.78 is 37.1. The van der Waals surface area contributed by atoms with Gasteiger partial charge in [0.2, 0.25) is 0 Å². The van der Waals surface area contributed by atoms with E-state index in [9.17, 15) is 13.2 Å². The first-order valence-corrected chi connectivity index (χ1v) is 4.50. The summed E-state index contributed by atoms with van der Waals surface area (Å²) in [6, 6.07) is 1.48. The number of nitrogen functional groups attached to an aromatic ring is 1. The molecule has 0 spiro atoms. The van der Waals surface area contributed by atoms with Gasteiger partial charge in [-0.15, -0.1) is 0 Å². The van der Waals surface area contributed by atoms with Crippen LogP contribution in [0.3, 0.4) is 0 Å². The van der Waals surface area contributed by atoms with E-state index in [0.29, 0.717) is 5.69 Å². The van der Waals surface area contributed by atoms with E-state index in [1.165, 1.54) is 6.07 Å². The Morgan fingerprint density at radius 3 is 2.20 bits per heavy atom. The van der Waals surface area contributed by atoms with Gasteiger partial charge in [-0.2, -0.15) is 18.3 Å². The van der Waals surface area contributed by atoms with Crippen molar-refractivity contribution in [3.8, 4) is 0 Å². The smallest absolute Gasteiger partial charge is 0.384 e. The molecule has 0 saturated carbocycles. The van der Waals surface area contributed by atoms with Gasteiger partial charge in [-0.1, -0.05) is 20.8 Å². The van der Waals surface area contributed by atoms with Crippen LogP contribution in [0.4, 0.5) is 19.0 Å². The Balaban J connectivity index is 2.97. The zero-order chi connectivity index (χ0) is 11.9. The number of hydrogen-bond donors (Lipinski definition) is 1. The number of anilines is 1. The van der Waals surface area contributed by atoms with Gasteiger partial charge in [0.15, 0.2) is 0 Å². The zero-order valence-corrected chi connectivity index (χ0v) is 8.89. The maximum absolute atomic E-state index is 12.1. The normalized spacial score (nSPS) is 13.2. The van der Waals surface area contributed by atoms with E-state index in [1.54, 1.807) is 0 Å². The summed E-state index contributed by atoms with van der Waals surface area (Å²) in [5, 5.41) is 3.84. The van der Waals surface area contributed by atoms with Crippen molar-refractivity contribution >= 4 is 5.82 Å². The molecule has 0 fully saturated rings. The second-order valence-corrected chi connectivity index (χ2v) is 4.48. The Morgan fingerprint density at radius 1 is 1.33 bits per heavy atom. The highest BCUT2D eigenvalue weighted by Crippen LogP contribution is 2.25. The van der Waals surface area contributed by atoms with Gasteiger partial charge in [0.25, 0.3) is 0 Å². The van der Waals surface area contributed by atoms with Crippen LogP contribution in [0.5, 0.6) is 0 Å². The van der Waals surface area contributed by atoms with E-state index in [1.807, 2.05) is 20.8 Å². The van der Waals surface area contributed by atoms with E-state index < -0.39 is 12.7 Å². The second-order valence-electron chi connectivity index (χ2n) is 4.48. The third-order valence-electron chi connectivity index (χ3n) is 1.91. The van der Waals surface area contributed by atoms with Gasteiger partial charge in [0, 0.05) is 11.5 Å². The van der Waals surface area contributed by atoms with Crippen LogP contribution in [-0.4, -0.2) is 16.0 Å². The minimum atomic E-state index is -4.30. The number of rotatable bonds is 1. The summed E-state index contributed by atoms with van der Waals surface area (Å²) in [6.45, 7) is 4.46. The van der Waals surface area contributed by atoms with E-state index in [-0.39, 0.29) is 11.2 Å². The topological polar surface area (TPSA) is 43.8 Å². The molecule has 3 nitrogen and oxygen atoms in total. The first kappa shape index (κ1) is 11.9. The molecule has 0 amide bonds. The lowest BCUT2D eigenvalue weighted by molar-refractivity contribution is -0.142. The molecule has 1 rings (SSSR count). The van der Waals surface area contributed by atoms with Crippen LogP contribution in [0.15, 0.2) is 6.07 Å². The van der Waals surface area contributed by atoms with Gasteiger partial charge in [0.1, 0.15) is 12.4 Å². The Labute approximate surface area is 86.1 Å². The lowest BCUT2D eigenvalue weighted by Gasteiger charge is -2.14. The first-order valence-electron chi connectivity index (χ1n) is 4.50. The fraction of sp³-hybridized carbons (Fsp3) is 0.667. The van der Waals surface area contributed by atoms with Crippen LogP contribution >= 0.6 is 0 Å². The number of halogens is 3. The van der Waals surface area contributed by atoms with E-state index in [4.69, 9.17) is 5.73 Å². The summed E-state index contributed by atoms with van der Waals surface area (Å²) >= 11 is 0. The maximum Gasteiger partial charge on any atom is 0.408 e. The van der Waals surface area contributed by atoms with Crippen LogP contribution in [0.25, 0.3) is 0 Å². The van der Waals surface area contributed by atoms with Gasteiger partial charge in [-0.05, 0) is 0 Å². The summed E-state index contributed by atoms with van der Waals surface area (Å²) in [5.74, 6) is 0.0391. The first-order chi connectivity index (χ1) is 6.59. The molecule has 0 saturated heterocycles. The molecule has 0 radical (unpaired) electrons. The highest BCUT2D eigenvalue weighted by Gasteiger charge is 2.30. The quantitative estimate of drug-likeness (QED) is 0.790. The predicted molar refractivity (Wildman–Crippen MR) is 51.4 cm³/mol. The molecule has 1 heterocycles. The minimum absolute atomic E-state index is 0.0391. The SMILES string of the molecule is CC(C)(C)c1cc(N)n(CC(F)(F)F)n1. The molecule has 0 aliphatic carbocycles. The molecule has 1 aromatic rings. The number of alkyl halides is 3. The Bertz CT molecular complexity index is 346. The number of aromatic nitrogens is 2. The average Bonchev–Trinajstić information content (AvgIpc) is 2.27. The van der Waals surface area contributed by atoms with Crippen molar-refractivity contribution in [2.75, 3.05) is 5.73 Å². The molecule has 0 aromatic carbocycles. The predicted octanol–water partition coefficient (Wildman–Crippen LogP) is 2.33. The van der Waals surface area contributed by atoms with Crippen molar-refractivity contribution in [1.29, 1.82) is 0 Å². The van der Waals surface area contributed by atoms with E-state index >= 15 is 0 Å². The van der Waals surface area contributed by atoms with Gasteiger partial charge in [-0.3, -0.25) is 0 Å². The van der Waals surface area contributed by atoms with Crippen molar-refractivity contribution in [3.63, 3.8) is 0 Å². The molecule has 0 unspecified atom stereocenters. The molecule has 1 aromatic heterocycles. The average molecular weight is 221 g/mol. The van der Waals surface area contributed by atoms with Gasteiger partial charge >= 0.3 is 6.18 Å². The zero-order valence-electron chi connectivity index (χ0n) is 8.89. The monoisotopic (exact) mass is 221 g/mol. The van der Waals surface area contributed by atoms with Crippen LogP contribution in [0, 0.1) is 0 Å². The summed E-state index contributed by atoms with van der Waals surface area (Å²) in [7, 11) is 0. The molecular formula is C9H14F3N3. The number of nitrogens with zero attached hydrogens (tertiary/aromatic N) is 2. The van der Waals surface area contributed by atoms with Crippen molar-refractivity contribution in [2.45, 2.75) is 38.9 Å². The molecule has 0 atom stereocenters. The highest BCUT2D eigenvalue weighted by atomic mass is 19.4. The van der Waals surface area contributed by atoms with E-state index in [0.717, 1.165) is 4.68 Å². The fourth-order valence-electron chi connectivity index (χ4n) is 1.09. The van der Waals surface area contributed by atoms with Crippen LogP contribution in [0.1, 0.15) is 26.5 Å². The Kier molecular flexibility index (Phi) is 2.71. The third-order valence-corrected chi connectivity index (χ3v) is 1.91. The van der Waals surface area contributed by atoms with Crippen LogP contribution < -0.4 is 5.73 Å². The standard InChI is InChI=1S/C9H14F3N3/c1-8(2,3)6-4-7(13)15(14-6)5-9(10,11)12/h4H,5,13H2,1-3H3. The van der Waals surface area contributed by atoms with E-state index in [2.05, 4.69) is 5.10 Å². The largest absolute Gasteiger partial charge is 0.408 e. The maximum atomic E-state index is 12.1. The molecule has 0 aliphatic heterocycles. The van der Waals surface area contributed by atoms with Crippen LogP contribution in [-0.2, 0) is 12.0 Å². The fourth-order valence-corrected chi connectivity index (χ4v) is 1.09. The molecule has 2 N–H and O–H groups in total. The van der Waals surface area contributed by atoms with Gasteiger partial charge in [-0.25, -0.2) is 4.68 Å². The summed E-state index contributed by atoms with van der Waals surface area (Å²) in [6.07, 6.45) is -4.30. The van der Waals surface area contributed by atoms with Gasteiger partial charge < -0.3 is 5.73 Å². The number of hydrogen-bond acceptors (Lipinski definition) is 2. The third kappa shape index (κ3) is 3.14. The highest BCUT2D eigenvalue weighted by molar-refractivity contribution is 5.33. The summed E-state index contributed by atoms with van der Waals surface area (Å²) in [5.41, 5.74) is 5.70. The van der Waals surface area contributed by atoms with Crippen LogP contribution in [0.2, 0.25) is 0 Å². The Morgan fingerprint density at radius 2 is 1.87 bits per heavy atom. The molecular weight excluding hydrogens is 207 g/mol. The minimum Gasteiger partial charge on any atom is -0.384 e. The van der Waals surface area contributed by atoms with Crippen molar-refractivity contribution in [2.24, 2.45) is 0 Å². The lowest BCUT2D eigenvalue weighted by Crippen LogP contribution is -2.21. The number of nitrogens with two attached hydrogens (primary N) is 1.